The number of benzene rings is 2. The number of nitrogens with zero attached hydrogens (tertiary/aromatic N) is 1. The van der Waals surface area contributed by atoms with Gasteiger partial charge in [-0.1, -0.05) is 67.1 Å². The molecule has 0 bridgehead atoms. The molecule has 1 atom stereocenters. The molecule has 26 heavy (non-hydrogen) atoms. The van der Waals surface area contributed by atoms with Gasteiger partial charge in [-0.15, -0.1) is 0 Å². The molecule has 2 aromatic carbocycles. The van der Waals surface area contributed by atoms with Crippen molar-refractivity contribution in [3.8, 4) is 0 Å². The van der Waals surface area contributed by atoms with E-state index < -0.39 is 6.04 Å². The van der Waals surface area contributed by atoms with Crippen LogP contribution in [0.4, 0.5) is 0 Å². The first-order valence-electron chi connectivity index (χ1n) is 9.15. The summed E-state index contributed by atoms with van der Waals surface area (Å²) in [5, 5.41) is 2.69. The molecule has 0 aliphatic heterocycles. The molecule has 0 fully saturated rings. The predicted octanol–water partition coefficient (Wildman–Crippen LogP) is 3.13. The maximum Gasteiger partial charge on any atom is 0.242 e. The summed E-state index contributed by atoms with van der Waals surface area (Å²) in [4.78, 5) is 27.0. The lowest BCUT2D eigenvalue weighted by atomic mass is 10.1. The standard InChI is InChI=1S/C22H28N2O2/c1-4-20(22(26)23-3)24(14-13-18-10-6-5-7-11-18)21(25)16-19-12-8-9-17(2)15-19/h5-12,15,20H,4,13-14,16H2,1-3H3,(H,23,26). The molecule has 0 radical (unpaired) electrons. The van der Waals surface area contributed by atoms with Crippen molar-refractivity contribution in [3.63, 3.8) is 0 Å². The summed E-state index contributed by atoms with van der Waals surface area (Å²) in [7, 11) is 1.62. The van der Waals surface area contributed by atoms with E-state index in [1.807, 2.05) is 68.4 Å². The van der Waals surface area contributed by atoms with Gasteiger partial charge in [-0.3, -0.25) is 9.59 Å². The van der Waals surface area contributed by atoms with E-state index in [0.29, 0.717) is 19.4 Å². The van der Waals surface area contributed by atoms with Gasteiger partial charge in [0.05, 0.1) is 6.42 Å². The molecule has 1 unspecified atom stereocenters. The Kier molecular flexibility index (Phi) is 7.39. The Hall–Kier alpha value is -2.62. The van der Waals surface area contributed by atoms with Crippen molar-refractivity contribution in [3.05, 3.63) is 71.3 Å². The fourth-order valence-corrected chi connectivity index (χ4v) is 3.16. The van der Waals surface area contributed by atoms with Crippen molar-refractivity contribution in [2.24, 2.45) is 0 Å². The van der Waals surface area contributed by atoms with Crippen LogP contribution in [0.3, 0.4) is 0 Å². The summed E-state index contributed by atoms with van der Waals surface area (Å²) in [6.07, 6.45) is 1.63. The highest BCUT2D eigenvalue weighted by Gasteiger charge is 2.27. The molecule has 4 heteroatoms. The number of hydrogen-bond donors (Lipinski definition) is 1. The largest absolute Gasteiger partial charge is 0.357 e. The first-order chi connectivity index (χ1) is 12.5. The lowest BCUT2D eigenvalue weighted by molar-refractivity contribution is -0.140. The summed E-state index contributed by atoms with van der Waals surface area (Å²) < 4.78 is 0. The molecule has 0 aliphatic rings. The topological polar surface area (TPSA) is 49.4 Å². The first kappa shape index (κ1) is 19.7. The second kappa shape index (κ2) is 9.76. The predicted molar refractivity (Wildman–Crippen MR) is 105 cm³/mol. The molecule has 2 amide bonds. The molecule has 2 aromatic rings. The van der Waals surface area contributed by atoms with Crippen LogP contribution in [0, 0.1) is 6.92 Å². The lowest BCUT2D eigenvalue weighted by Crippen LogP contribution is -2.49. The Bertz CT molecular complexity index is 728. The van der Waals surface area contributed by atoms with Gasteiger partial charge in [-0.25, -0.2) is 0 Å². The van der Waals surface area contributed by atoms with Gasteiger partial charge in [0.1, 0.15) is 6.04 Å². The summed E-state index contributed by atoms with van der Waals surface area (Å²) in [6.45, 7) is 4.48. The van der Waals surface area contributed by atoms with Gasteiger partial charge in [0.15, 0.2) is 0 Å². The van der Waals surface area contributed by atoms with Crippen molar-refractivity contribution in [2.45, 2.75) is 39.2 Å². The Labute approximate surface area is 156 Å². The van der Waals surface area contributed by atoms with Gasteiger partial charge >= 0.3 is 0 Å². The molecule has 0 aromatic heterocycles. The summed E-state index contributed by atoms with van der Waals surface area (Å²) >= 11 is 0. The average molecular weight is 352 g/mol. The zero-order chi connectivity index (χ0) is 18.9. The highest BCUT2D eigenvalue weighted by molar-refractivity contribution is 5.88. The highest BCUT2D eigenvalue weighted by atomic mass is 16.2. The second-order valence-electron chi connectivity index (χ2n) is 6.53. The zero-order valence-corrected chi connectivity index (χ0v) is 15.9. The van der Waals surface area contributed by atoms with E-state index >= 15 is 0 Å². The summed E-state index contributed by atoms with van der Waals surface area (Å²) in [6, 6.07) is 17.6. The van der Waals surface area contributed by atoms with E-state index in [2.05, 4.69) is 5.32 Å². The average Bonchev–Trinajstić information content (AvgIpc) is 2.65. The number of hydrogen-bond acceptors (Lipinski definition) is 2. The molecular weight excluding hydrogens is 324 g/mol. The molecule has 0 saturated carbocycles. The fraction of sp³-hybridized carbons (Fsp3) is 0.364. The Balaban J connectivity index is 2.17. The second-order valence-corrected chi connectivity index (χ2v) is 6.53. The van der Waals surface area contributed by atoms with E-state index in [4.69, 9.17) is 0 Å². The van der Waals surface area contributed by atoms with Crippen LogP contribution in [-0.4, -0.2) is 36.3 Å². The number of nitrogens with one attached hydrogen (secondary N) is 1. The Morgan fingerprint density at radius 1 is 1.04 bits per heavy atom. The smallest absolute Gasteiger partial charge is 0.242 e. The van der Waals surface area contributed by atoms with E-state index in [1.165, 1.54) is 0 Å². The Morgan fingerprint density at radius 3 is 2.35 bits per heavy atom. The van der Waals surface area contributed by atoms with Gasteiger partial charge in [0.2, 0.25) is 11.8 Å². The van der Waals surface area contributed by atoms with Crippen LogP contribution in [0.1, 0.15) is 30.0 Å². The number of likely N-dealkylation sites (N-methyl/N-ethyl adjacent to an activating group) is 1. The molecule has 2 rings (SSSR count). The Morgan fingerprint density at radius 2 is 1.73 bits per heavy atom. The maximum absolute atomic E-state index is 13.0. The third-order valence-electron chi connectivity index (χ3n) is 4.55. The van der Waals surface area contributed by atoms with Gasteiger partial charge < -0.3 is 10.2 Å². The van der Waals surface area contributed by atoms with Crippen LogP contribution in [-0.2, 0) is 22.4 Å². The quantitative estimate of drug-likeness (QED) is 0.793. The zero-order valence-electron chi connectivity index (χ0n) is 15.9. The minimum absolute atomic E-state index is 0.0121. The van der Waals surface area contributed by atoms with Crippen LogP contribution in [0.5, 0.6) is 0 Å². The van der Waals surface area contributed by atoms with Crippen LogP contribution in [0.15, 0.2) is 54.6 Å². The van der Waals surface area contributed by atoms with Crippen LogP contribution >= 0.6 is 0 Å². The molecule has 1 N–H and O–H groups in total. The van der Waals surface area contributed by atoms with Gasteiger partial charge in [-0.2, -0.15) is 0 Å². The maximum atomic E-state index is 13.0. The van der Waals surface area contributed by atoms with E-state index in [-0.39, 0.29) is 11.8 Å². The normalized spacial score (nSPS) is 11.7. The van der Waals surface area contributed by atoms with E-state index in [0.717, 1.165) is 23.1 Å². The molecule has 0 aliphatic carbocycles. The summed E-state index contributed by atoms with van der Waals surface area (Å²) in [5.74, 6) is -0.125. The molecule has 0 heterocycles. The van der Waals surface area contributed by atoms with Gasteiger partial charge in [0.25, 0.3) is 0 Å². The summed E-state index contributed by atoms with van der Waals surface area (Å²) in [5.41, 5.74) is 3.27. The van der Waals surface area contributed by atoms with E-state index in [1.54, 1.807) is 11.9 Å². The molecule has 138 valence electrons. The van der Waals surface area contributed by atoms with Crippen molar-refractivity contribution in [1.29, 1.82) is 0 Å². The number of carbonyl (C=O) groups excluding carboxylic acids is 2. The van der Waals surface area contributed by atoms with Crippen molar-refractivity contribution >= 4 is 11.8 Å². The van der Waals surface area contributed by atoms with Crippen molar-refractivity contribution in [1.82, 2.24) is 10.2 Å². The van der Waals surface area contributed by atoms with Crippen LogP contribution < -0.4 is 5.32 Å². The van der Waals surface area contributed by atoms with Gasteiger partial charge in [0, 0.05) is 13.6 Å². The first-order valence-corrected chi connectivity index (χ1v) is 9.15. The van der Waals surface area contributed by atoms with Crippen molar-refractivity contribution < 1.29 is 9.59 Å². The molecule has 0 saturated heterocycles. The third kappa shape index (κ3) is 5.45. The van der Waals surface area contributed by atoms with Gasteiger partial charge in [-0.05, 0) is 30.9 Å². The molecule has 4 nitrogen and oxygen atoms in total. The van der Waals surface area contributed by atoms with E-state index in [9.17, 15) is 9.59 Å². The highest BCUT2D eigenvalue weighted by Crippen LogP contribution is 2.13. The van der Waals surface area contributed by atoms with Crippen LogP contribution in [0.25, 0.3) is 0 Å². The minimum atomic E-state index is -0.443. The number of amides is 2. The molecule has 0 spiro atoms. The fourth-order valence-electron chi connectivity index (χ4n) is 3.16. The number of carbonyl (C=O) groups is 2. The minimum Gasteiger partial charge on any atom is -0.357 e. The lowest BCUT2D eigenvalue weighted by Gasteiger charge is -2.30. The third-order valence-corrected chi connectivity index (χ3v) is 4.55. The SMILES string of the molecule is CCC(C(=O)NC)N(CCc1ccccc1)C(=O)Cc1cccc(C)c1. The monoisotopic (exact) mass is 352 g/mol. The van der Waals surface area contributed by atoms with Crippen molar-refractivity contribution in [2.75, 3.05) is 13.6 Å². The number of aryl methyl sites for hydroxylation is 1. The van der Waals surface area contributed by atoms with Crippen LogP contribution in [0.2, 0.25) is 0 Å². The molecular formula is C22H28N2O2. The number of rotatable bonds is 8.